The zero-order valence-electron chi connectivity index (χ0n) is 15.3. The van der Waals surface area contributed by atoms with Crippen LogP contribution in [0.25, 0.3) is 22.6 Å². The topological polar surface area (TPSA) is 50.8 Å². The molecule has 4 rings (SSSR count). The minimum Gasteiger partial charge on any atom is -0.480 e. The molecule has 5 heteroatoms. The molecule has 0 fully saturated rings. The molecule has 4 aromatic rings. The molecule has 0 saturated carbocycles. The fourth-order valence-corrected chi connectivity index (χ4v) is 3.74. The first-order chi connectivity index (χ1) is 13.2. The molecule has 136 valence electrons. The van der Waals surface area contributed by atoms with Crippen molar-refractivity contribution in [2.75, 3.05) is 0 Å². The maximum absolute atomic E-state index is 6.18. The Morgan fingerprint density at radius 2 is 1.81 bits per heavy atom. The molecule has 0 aliphatic carbocycles. The van der Waals surface area contributed by atoms with E-state index in [1.165, 1.54) is 5.56 Å². The van der Waals surface area contributed by atoms with Gasteiger partial charge in [0.1, 0.15) is 16.9 Å². The molecule has 0 saturated heterocycles. The molecule has 0 amide bonds. The van der Waals surface area contributed by atoms with Crippen LogP contribution in [0.15, 0.2) is 66.9 Å². The third-order valence-corrected chi connectivity index (χ3v) is 5.45. The molecule has 0 spiro atoms. The Bertz CT molecular complexity index is 1010. The van der Waals surface area contributed by atoms with Crippen molar-refractivity contribution in [3.63, 3.8) is 0 Å². The number of rotatable bonds is 6. The number of thioether (sulfide) groups is 1. The third-order valence-electron chi connectivity index (χ3n) is 4.39. The fraction of sp³-hybridized carbons (Fsp3) is 0.182. The van der Waals surface area contributed by atoms with Gasteiger partial charge < -0.3 is 9.72 Å². The highest BCUT2D eigenvalue weighted by Crippen LogP contribution is 2.30. The summed E-state index contributed by atoms with van der Waals surface area (Å²) in [6.45, 7) is 4.10. The van der Waals surface area contributed by atoms with Gasteiger partial charge in [0.15, 0.2) is 5.82 Å². The van der Waals surface area contributed by atoms with Gasteiger partial charge >= 0.3 is 0 Å². The fourth-order valence-electron chi connectivity index (χ4n) is 2.95. The molecule has 1 unspecified atom stereocenters. The molecule has 2 aromatic heterocycles. The van der Waals surface area contributed by atoms with Crippen molar-refractivity contribution in [3.8, 4) is 17.3 Å². The number of para-hydroxylation sites is 2. The number of nitrogens with one attached hydrogen (secondary N) is 1. The van der Waals surface area contributed by atoms with E-state index >= 15 is 0 Å². The van der Waals surface area contributed by atoms with E-state index in [4.69, 9.17) is 4.74 Å². The molecule has 0 bridgehead atoms. The molecule has 27 heavy (non-hydrogen) atoms. The number of hydrogen-bond donors (Lipinski definition) is 1. The van der Waals surface area contributed by atoms with Crippen LogP contribution in [-0.2, 0) is 5.75 Å². The van der Waals surface area contributed by atoms with Gasteiger partial charge in [0.05, 0.1) is 11.0 Å². The zero-order chi connectivity index (χ0) is 18.6. The lowest BCUT2D eigenvalue weighted by atomic mass is 10.2. The van der Waals surface area contributed by atoms with Crippen molar-refractivity contribution in [1.82, 2.24) is 15.0 Å². The minimum atomic E-state index is 0.0369. The number of fused-ring (bicyclic) bond motifs is 1. The number of aromatic nitrogens is 3. The first kappa shape index (κ1) is 17.6. The Kier molecular flexibility index (Phi) is 5.12. The summed E-state index contributed by atoms with van der Waals surface area (Å²) in [6, 6.07) is 20.3. The molecule has 0 radical (unpaired) electrons. The Morgan fingerprint density at radius 3 is 2.63 bits per heavy atom. The highest BCUT2D eigenvalue weighted by molar-refractivity contribution is 7.98. The Labute approximate surface area is 163 Å². The monoisotopic (exact) mass is 375 g/mol. The van der Waals surface area contributed by atoms with Gasteiger partial charge in [-0.3, -0.25) is 4.98 Å². The summed E-state index contributed by atoms with van der Waals surface area (Å²) in [5.74, 6) is 2.53. The highest BCUT2D eigenvalue weighted by Gasteiger charge is 2.14. The van der Waals surface area contributed by atoms with Gasteiger partial charge in [-0.25, -0.2) is 4.98 Å². The van der Waals surface area contributed by atoms with Crippen molar-refractivity contribution in [2.24, 2.45) is 0 Å². The maximum atomic E-state index is 6.18. The Morgan fingerprint density at radius 1 is 1.04 bits per heavy atom. The van der Waals surface area contributed by atoms with E-state index < -0.39 is 0 Å². The van der Waals surface area contributed by atoms with Crippen molar-refractivity contribution in [1.29, 1.82) is 0 Å². The number of H-pyrrole nitrogens is 1. The summed E-state index contributed by atoms with van der Waals surface area (Å²) in [6.07, 6.45) is 1.78. The van der Waals surface area contributed by atoms with E-state index in [0.717, 1.165) is 39.6 Å². The van der Waals surface area contributed by atoms with Gasteiger partial charge in [0, 0.05) is 17.5 Å². The smallest absolute Gasteiger partial charge is 0.157 e. The molecule has 0 aliphatic rings. The number of imidazole rings is 1. The summed E-state index contributed by atoms with van der Waals surface area (Å²) >= 11 is 1.77. The van der Waals surface area contributed by atoms with Gasteiger partial charge in [0.25, 0.3) is 0 Å². The van der Waals surface area contributed by atoms with Crippen LogP contribution in [0.3, 0.4) is 0 Å². The lowest BCUT2D eigenvalue weighted by Gasteiger charge is -2.17. The second kappa shape index (κ2) is 7.84. The first-order valence-electron chi connectivity index (χ1n) is 8.93. The van der Waals surface area contributed by atoms with E-state index in [1.807, 2.05) is 43.3 Å². The summed E-state index contributed by atoms with van der Waals surface area (Å²) < 4.78 is 6.18. The Balaban J connectivity index is 1.51. The van der Waals surface area contributed by atoms with Gasteiger partial charge in [-0.15, -0.1) is 11.8 Å². The molecule has 1 N–H and O–H groups in total. The van der Waals surface area contributed by atoms with Gasteiger partial charge in [-0.05, 0) is 37.6 Å². The number of hydrogen-bond acceptors (Lipinski definition) is 4. The second-order valence-corrected chi connectivity index (χ2v) is 7.65. The summed E-state index contributed by atoms with van der Waals surface area (Å²) in [4.78, 5) is 12.5. The van der Waals surface area contributed by atoms with E-state index in [-0.39, 0.29) is 5.44 Å². The van der Waals surface area contributed by atoms with E-state index in [1.54, 1.807) is 18.0 Å². The van der Waals surface area contributed by atoms with Crippen LogP contribution in [0.1, 0.15) is 18.1 Å². The predicted molar refractivity (Wildman–Crippen MR) is 112 cm³/mol. The maximum Gasteiger partial charge on any atom is 0.157 e. The van der Waals surface area contributed by atoms with Crippen LogP contribution in [-0.4, -0.2) is 20.4 Å². The van der Waals surface area contributed by atoms with Gasteiger partial charge in [-0.1, -0.05) is 42.5 Å². The molecular weight excluding hydrogens is 354 g/mol. The van der Waals surface area contributed by atoms with Crippen LogP contribution in [0.4, 0.5) is 0 Å². The molecule has 2 heterocycles. The number of pyridine rings is 1. The standard InChI is InChI=1S/C22H21N3OS/c1-15-20(26-16(2)27-14-17-8-4-3-5-9-17)12-13-23-21(15)22-24-18-10-6-7-11-19(18)25-22/h3-13,16H,14H2,1-2H3,(H,24,25). The highest BCUT2D eigenvalue weighted by atomic mass is 32.2. The molecule has 1 atom stereocenters. The van der Waals surface area contributed by atoms with Crippen LogP contribution < -0.4 is 4.74 Å². The van der Waals surface area contributed by atoms with Crippen molar-refractivity contribution >= 4 is 22.8 Å². The molecule has 0 aliphatic heterocycles. The van der Waals surface area contributed by atoms with E-state index in [2.05, 4.69) is 46.1 Å². The van der Waals surface area contributed by atoms with Crippen LogP contribution in [0, 0.1) is 6.92 Å². The van der Waals surface area contributed by atoms with E-state index in [0.29, 0.717) is 0 Å². The van der Waals surface area contributed by atoms with E-state index in [9.17, 15) is 0 Å². The number of ether oxygens (including phenoxy) is 1. The zero-order valence-corrected chi connectivity index (χ0v) is 16.2. The van der Waals surface area contributed by atoms with Crippen LogP contribution >= 0.6 is 11.8 Å². The largest absolute Gasteiger partial charge is 0.480 e. The van der Waals surface area contributed by atoms with Crippen molar-refractivity contribution in [3.05, 3.63) is 78.0 Å². The van der Waals surface area contributed by atoms with Crippen LogP contribution in [0.2, 0.25) is 0 Å². The lowest BCUT2D eigenvalue weighted by molar-refractivity contribution is 0.305. The average molecular weight is 375 g/mol. The molecular formula is C22H21N3OS. The quantitative estimate of drug-likeness (QED) is 0.446. The lowest BCUT2D eigenvalue weighted by Crippen LogP contribution is -2.09. The number of benzene rings is 2. The first-order valence-corrected chi connectivity index (χ1v) is 9.98. The Hall–Kier alpha value is -2.79. The average Bonchev–Trinajstić information content (AvgIpc) is 3.13. The SMILES string of the molecule is Cc1c(OC(C)SCc2ccccc2)ccnc1-c1nc2ccccc2[nH]1. The summed E-state index contributed by atoms with van der Waals surface area (Å²) in [5, 5.41) is 0. The summed E-state index contributed by atoms with van der Waals surface area (Å²) in [7, 11) is 0. The predicted octanol–water partition coefficient (Wildman–Crippen LogP) is 5.59. The van der Waals surface area contributed by atoms with Crippen LogP contribution in [0.5, 0.6) is 5.75 Å². The van der Waals surface area contributed by atoms with Crippen molar-refractivity contribution in [2.45, 2.75) is 25.0 Å². The number of aromatic amines is 1. The molecule has 2 aromatic carbocycles. The van der Waals surface area contributed by atoms with Crippen molar-refractivity contribution < 1.29 is 4.74 Å². The normalized spacial score (nSPS) is 12.2. The third kappa shape index (κ3) is 3.98. The second-order valence-electron chi connectivity index (χ2n) is 6.37. The number of nitrogens with zero attached hydrogens (tertiary/aromatic N) is 2. The minimum absolute atomic E-state index is 0.0369. The molecule has 4 nitrogen and oxygen atoms in total. The van der Waals surface area contributed by atoms with Gasteiger partial charge in [-0.2, -0.15) is 0 Å². The van der Waals surface area contributed by atoms with Gasteiger partial charge in [0.2, 0.25) is 0 Å². The summed E-state index contributed by atoms with van der Waals surface area (Å²) in [5.41, 5.74) is 5.09.